The van der Waals surface area contributed by atoms with Crippen LogP contribution in [0, 0.1) is 0 Å². The molecular weight excluding hydrogens is 360 g/mol. The summed E-state index contributed by atoms with van der Waals surface area (Å²) in [4.78, 5) is 17.1. The number of aromatic nitrogens is 1. The molecule has 0 saturated heterocycles. The summed E-state index contributed by atoms with van der Waals surface area (Å²) in [6.45, 7) is 2.09. The molecule has 3 aromatic rings. The minimum atomic E-state index is -0.0807. The summed E-state index contributed by atoms with van der Waals surface area (Å²) in [5.74, 6) is 1.68. The number of carbonyl (C=O) groups is 1. The van der Waals surface area contributed by atoms with Gasteiger partial charge in [-0.3, -0.25) is 4.79 Å². The van der Waals surface area contributed by atoms with Crippen LogP contribution in [0.1, 0.15) is 12.5 Å². The van der Waals surface area contributed by atoms with Crippen LogP contribution >= 0.6 is 11.8 Å². The van der Waals surface area contributed by atoms with E-state index in [-0.39, 0.29) is 11.7 Å². The Morgan fingerprint density at radius 1 is 1.07 bits per heavy atom. The Morgan fingerprint density at radius 2 is 1.85 bits per heavy atom. The number of carbonyl (C=O) groups excluding carboxylic acids is 1. The first kappa shape index (κ1) is 19.0. The lowest BCUT2D eigenvalue weighted by Gasteiger charge is -2.10. The third kappa shape index (κ3) is 4.71. The summed E-state index contributed by atoms with van der Waals surface area (Å²) >= 11 is 1.44. The van der Waals surface area contributed by atoms with Crippen LogP contribution in [0.2, 0.25) is 0 Å². The normalized spacial score (nSPS) is 10.6. The highest BCUT2D eigenvalue weighted by molar-refractivity contribution is 8.00. The highest BCUT2D eigenvalue weighted by Gasteiger charge is 2.11. The van der Waals surface area contributed by atoms with Crippen molar-refractivity contribution in [2.75, 3.05) is 25.3 Å². The van der Waals surface area contributed by atoms with Crippen molar-refractivity contribution in [2.45, 2.75) is 18.4 Å². The molecule has 27 heavy (non-hydrogen) atoms. The van der Waals surface area contributed by atoms with Crippen LogP contribution in [-0.2, 0) is 11.2 Å². The second kappa shape index (κ2) is 8.77. The molecule has 0 spiro atoms. The molecule has 1 heterocycles. The molecule has 0 bridgehead atoms. The third-order valence-electron chi connectivity index (χ3n) is 4.14. The second-order valence-electron chi connectivity index (χ2n) is 5.93. The van der Waals surface area contributed by atoms with Crippen LogP contribution in [0.15, 0.2) is 53.6 Å². The number of nitrogens with one attached hydrogen (secondary N) is 1. The smallest absolute Gasteiger partial charge is 0.234 e. The molecule has 0 atom stereocenters. The van der Waals surface area contributed by atoms with E-state index in [1.807, 2.05) is 36.4 Å². The van der Waals surface area contributed by atoms with Crippen molar-refractivity contribution >= 4 is 34.3 Å². The van der Waals surface area contributed by atoms with Crippen LogP contribution in [0.3, 0.4) is 0 Å². The van der Waals surface area contributed by atoms with Crippen molar-refractivity contribution in [2.24, 2.45) is 0 Å². The number of aryl methyl sites for hydroxylation is 1. The van der Waals surface area contributed by atoms with Gasteiger partial charge in [0, 0.05) is 23.2 Å². The van der Waals surface area contributed by atoms with E-state index >= 15 is 0 Å². The average Bonchev–Trinajstić information content (AvgIpc) is 2.71. The van der Waals surface area contributed by atoms with E-state index in [0.717, 1.165) is 33.7 Å². The number of hydrogen-bond donors (Lipinski definition) is 1. The topological polar surface area (TPSA) is 60.5 Å². The van der Waals surface area contributed by atoms with Gasteiger partial charge in [0.2, 0.25) is 5.91 Å². The Morgan fingerprint density at radius 3 is 2.59 bits per heavy atom. The van der Waals surface area contributed by atoms with Gasteiger partial charge in [-0.2, -0.15) is 0 Å². The monoisotopic (exact) mass is 382 g/mol. The van der Waals surface area contributed by atoms with E-state index in [9.17, 15) is 4.79 Å². The van der Waals surface area contributed by atoms with Crippen LogP contribution in [0.4, 0.5) is 5.69 Å². The largest absolute Gasteiger partial charge is 0.497 e. The quantitative estimate of drug-likeness (QED) is 0.608. The summed E-state index contributed by atoms with van der Waals surface area (Å²) in [5, 5.41) is 4.83. The number of pyridine rings is 1. The van der Waals surface area contributed by atoms with Crippen LogP contribution in [0.25, 0.3) is 10.9 Å². The van der Waals surface area contributed by atoms with Gasteiger partial charge in [-0.1, -0.05) is 24.8 Å². The summed E-state index contributed by atoms with van der Waals surface area (Å²) in [6.07, 6.45) is 0.856. The first-order valence-corrected chi connectivity index (χ1v) is 9.66. The standard InChI is InChI=1S/C21H22N2O3S/c1-4-14-10-15-8-9-18(26-3)12-19(15)23-21(14)27-13-20(24)22-16-6-5-7-17(11-16)25-2/h5-12H,4,13H2,1-3H3,(H,22,24). The van der Waals surface area contributed by atoms with Gasteiger partial charge >= 0.3 is 0 Å². The third-order valence-corrected chi connectivity index (χ3v) is 5.17. The highest BCUT2D eigenvalue weighted by atomic mass is 32.2. The van der Waals surface area contributed by atoms with E-state index in [0.29, 0.717) is 11.4 Å². The number of ether oxygens (including phenoxy) is 2. The highest BCUT2D eigenvalue weighted by Crippen LogP contribution is 2.28. The Kier molecular flexibility index (Phi) is 6.19. The minimum absolute atomic E-state index is 0.0807. The lowest BCUT2D eigenvalue weighted by atomic mass is 10.1. The molecule has 0 aliphatic heterocycles. The van der Waals surface area contributed by atoms with Gasteiger partial charge in [-0.25, -0.2) is 4.98 Å². The van der Waals surface area contributed by atoms with Crippen molar-refractivity contribution in [3.8, 4) is 11.5 Å². The maximum absolute atomic E-state index is 12.3. The van der Waals surface area contributed by atoms with E-state index < -0.39 is 0 Å². The van der Waals surface area contributed by atoms with Gasteiger partial charge in [-0.15, -0.1) is 0 Å². The Bertz CT molecular complexity index is 959. The van der Waals surface area contributed by atoms with E-state index in [1.54, 1.807) is 20.3 Å². The van der Waals surface area contributed by atoms with Crippen LogP contribution in [-0.4, -0.2) is 30.9 Å². The fraction of sp³-hybridized carbons (Fsp3) is 0.238. The van der Waals surface area contributed by atoms with Gasteiger partial charge in [0.05, 0.1) is 25.5 Å². The number of anilines is 1. The van der Waals surface area contributed by atoms with Gasteiger partial charge in [-0.05, 0) is 42.3 Å². The molecule has 0 aliphatic rings. The molecule has 5 nitrogen and oxygen atoms in total. The van der Waals surface area contributed by atoms with Crippen molar-refractivity contribution in [3.05, 3.63) is 54.1 Å². The number of hydrogen-bond acceptors (Lipinski definition) is 5. The predicted molar refractivity (Wildman–Crippen MR) is 110 cm³/mol. The Balaban J connectivity index is 1.73. The molecule has 1 N–H and O–H groups in total. The number of methoxy groups -OCH3 is 2. The number of nitrogens with zero attached hydrogens (tertiary/aromatic N) is 1. The summed E-state index contributed by atoms with van der Waals surface area (Å²) < 4.78 is 10.5. The van der Waals surface area contributed by atoms with Crippen molar-refractivity contribution in [1.29, 1.82) is 0 Å². The number of amides is 1. The van der Waals surface area contributed by atoms with Crippen molar-refractivity contribution < 1.29 is 14.3 Å². The zero-order valence-corrected chi connectivity index (χ0v) is 16.4. The van der Waals surface area contributed by atoms with Gasteiger partial charge in [0.1, 0.15) is 16.5 Å². The lowest BCUT2D eigenvalue weighted by molar-refractivity contribution is -0.113. The lowest BCUT2D eigenvalue weighted by Crippen LogP contribution is -2.14. The first-order chi connectivity index (χ1) is 13.1. The van der Waals surface area contributed by atoms with Crippen molar-refractivity contribution in [3.63, 3.8) is 0 Å². The molecule has 6 heteroatoms. The molecule has 1 amide bonds. The Labute approximate surface area is 163 Å². The van der Waals surface area contributed by atoms with Gasteiger partial charge < -0.3 is 14.8 Å². The molecule has 1 aromatic heterocycles. The number of fused-ring (bicyclic) bond motifs is 1. The average molecular weight is 382 g/mol. The summed E-state index contributed by atoms with van der Waals surface area (Å²) in [6, 6.07) is 15.3. The molecule has 0 fully saturated rings. The SMILES string of the molecule is CCc1cc2ccc(OC)cc2nc1SCC(=O)Nc1cccc(OC)c1. The summed E-state index contributed by atoms with van der Waals surface area (Å²) in [7, 11) is 3.24. The van der Waals surface area contributed by atoms with E-state index in [2.05, 4.69) is 18.3 Å². The van der Waals surface area contributed by atoms with E-state index in [1.165, 1.54) is 11.8 Å². The van der Waals surface area contributed by atoms with E-state index in [4.69, 9.17) is 14.5 Å². The molecule has 140 valence electrons. The van der Waals surface area contributed by atoms with Crippen LogP contribution < -0.4 is 14.8 Å². The number of thioether (sulfide) groups is 1. The number of benzene rings is 2. The molecule has 0 saturated carbocycles. The van der Waals surface area contributed by atoms with Crippen LogP contribution in [0.5, 0.6) is 11.5 Å². The fourth-order valence-electron chi connectivity index (χ4n) is 2.71. The zero-order chi connectivity index (χ0) is 19.2. The minimum Gasteiger partial charge on any atom is -0.497 e. The first-order valence-electron chi connectivity index (χ1n) is 8.67. The second-order valence-corrected chi connectivity index (χ2v) is 6.90. The molecule has 0 unspecified atom stereocenters. The maximum Gasteiger partial charge on any atom is 0.234 e. The Hall–Kier alpha value is -2.73. The molecule has 0 aliphatic carbocycles. The van der Waals surface area contributed by atoms with Gasteiger partial charge in [0.25, 0.3) is 0 Å². The number of rotatable bonds is 7. The summed E-state index contributed by atoms with van der Waals surface area (Å²) in [5.41, 5.74) is 2.71. The predicted octanol–water partition coefficient (Wildman–Crippen LogP) is 4.55. The van der Waals surface area contributed by atoms with Gasteiger partial charge in [0.15, 0.2) is 0 Å². The maximum atomic E-state index is 12.3. The molecule has 2 aromatic carbocycles. The van der Waals surface area contributed by atoms with Crippen molar-refractivity contribution in [1.82, 2.24) is 4.98 Å². The molecule has 3 rings (SSSR count). The molecule has 0 radical (unpaired) electrons. The fourth-order valence-corrected chi connectivity index (χ4v) is 3.60. The molecular formula is C21H22N2O3S. The zero-order valence-electron chi connectivity index (χ0n) is 15.6.